The van der Waals surface area contributed by atoms with Crippen LogP contribution < -0.4 is 4.74 Å². The Morgan fingerprint density at radius 3 is 2.63 bits per heavy atom. The second-order valence-electron chi connectivity index (χ2n) is 6.41. The molecule has 2 heterocycles. The average Bonchev–Trinajstić information content (AvgIpc) is 3.18. The Bertz CT molecular complexity index is 902. The third-order valence-electron chi connectivity index (χ3n) is 4.56. The smallest absolute Gasteiger partial charge is 0.271 e. The molecular weight excluding hydrogens is 368 g/mol. The van der Waals surface area contributed by atoms with Gasteiger partial charge in [0.1, 0.15) is 11.4 Å². The number of hydrogen-bond acceptors (Lipinski definition) is 5. The molecule has 146 valence electrons. The highest BCUT2D eigenvalue weighted by Gasteiger charge is 2.29. The van der Waals surface area contributed by atoms with Crippen LogP contribution in [0.3, 0.4) is 0 Å². The highest BCUT2D eigenvalue weighted by molar-refractivity contribution is 7.89. The molecule has 0 aliphatic carbocycles. The van der Waals surface area contributed by atoms with Crippen LogP contribution in [0.2, 0.25) is 0 Å². The fraction of sp³-hybridized carbons (Fsp3) is 0.444. The maximum Gasteiger partial charge on any atom is 0.271 e. The minimum atomic E-state index is -3.22. The van der Waals surface area contributed by atoms with E-state index in [9.17, 15) is 13.2 Å². The number of H-pyrrole nitrogens is 1. The van der Waals surface area contributed by atoms with Crippen molar-refractivity contribution in [2.75, 3.05) is 39.0 Å². The standard InChI is InChI=1S/C18H24N4O4S/c1-3-11-27(24,25)22-9-7-21(8-10-22)18(23)17-13-16(19-20-17)14-5-4-6-15(12-14)26-2/h4-6,12-13H,3,7-11H2,1-2H3,(H,19,20). The zero-order valence-electron chi connectivity index (χ0n) is 15.5. The maximum absolute atomic E-state index is 12.7. The summed E-state index contributed by atoms with van der Waals surface area (Å²) >= 11 is 0. The number of carbonyl (C=O) groups is 1. The lowest BCUT2D eigenvalue weighted by atomic mass is 10.1. The third kappa shape index (κ3) is 4.30. The summed E-state index contributed by atoms with van der Waals surface area (Å²) in [6.07, 6.45) is 0.586. The molecule has 1 fully saturated rings. The van der Waals surface area contributed by atoms with Gasteiger partial charge in [-0.2, -0.15) is 9.40 Å². The van der Waals surface area contributed by atoms with Crippen molar-refractivity contribution in [3.63, 3.8) is 0 Å². The van der Waals surface area contributed by atoms with Gasteiger partial charge in [0.25, 0.3) is 5.91 Å². The molecule has 1 aromatic carbocycles. The van der Waals surface area contributed by atoms with E-state index in [0.717, 1.165) is 5.56 Å². The van der Waals surface area contributed by atoms with Crippen LogP contribution in [0.25, 0.3) is 11.3 Å². The van der Waals surface area contributed by atoms with Crippen LogP contribution in [0.5, 0.6) is 5.75 Å². The predicted molar refractivity (Wildman–Crippen MR) is 102 cm³/mol. The minimum absolute atomic E-state index is 0.144. The van der Waals surface area contributed by atoms with E-state index in [1.807, 2.05) is 31.2 Å². The van der Waals surface area contributed by atoms with Gasteiger partial charge in [0, 0.05) is 31.7 Å². The summed E-state index contributed by atoms with van der Waals surface area (Å²) in [5.41, 5.74) is 1.89. The molecule has 8 nitrogen and oxygen atoms in total. The number of amides is 1. The number of methoxy groups -OCH3 is 1. The first kappa shape index (κ1) is 19.4. The van der Waals surface area contributed by atoms with E-state index in [2.05, 4.69) is 10.2 Å². The van der Waals surface area contributed by atoms with Gasteiger partial charge in [-0.3, -0.25) is 9.89 Å². The van der Waals surface area contributed by atoms with Gasteiger partial charge in [0.05, 0.1) is 18.6 Å². The molecule has 3 rings (SSSR count). The van der Waals surface area contributed by atoms with E-state index in [-0.39, 0.29) is 11.7 Å². The Balaban J connectivity index is 1.67. The Labute approximate surface area is 159 Å². The lowest BCUT2D eigenvalue weighted by Gasteiger charge is -2.33. The number of benzene rings is 1. The van der Waals surface area contributed by atoms with Crippen LogP contribution in [-0.2, 0) is 10.0 Å². The number of hydrogen-bond donors (Lipinski definition) is 1. The Hall–Kier alpha value is -2.39. The molecule has 1 aliphatic rings. The molecule has 0 spiro atoms. The van der Waals surface area contributed by atoms with E-state index in [0.29, 0.717) is 49.7 Å². The Morgan fingerprint density at radius 1 is 1.22 bits per heavy atom. The molecule has 0 bridgehead atoms. The van der Waals surface area contributed by atoms with Gasteiger partial charge in [-0.05, 0) is 24.6 Å². The Morgan fingerprint density at radius 2 is 1.96 bits per heavy atom. The number of aromatic amines is 1. The normalized spacial score (nSPS) is 15.7. The lowest BCUT2D eigenvalue weighted by Crippen LogP contribution is -2.51. The summed E-state index contributed by atoms with van der Waals surface area (Å²) in [5.74, 6) is 0.683. The average molecular weight is 392 g/mol. The van der Waals surface area contributed by atoms with Crippen molar-refractivity contribution in [1.29, 1.82) is 0 Å². The molecule has 27 heavy (non-hydrogen) atoms. The highest BCUT2D eigenvalue weighted by Crippen LogP contribution is 2.23. The molecule has 9 heteroatoms. The molecule has 1 saturated heterocycles. The first-order valence-corrected chi connectivity index (χ1v) is 10.5. The minimum Gasteiger partial charge on any atom is -0.497 e. The molecule has 1 aliphatic heterocycles. The number of piperazine rings is 1. The van der Waals surface area contributed by atoms with Crippen molar-refractivity contribution in [2.24, 2.45) is 0 Å². The second-order valence-corrected chi connectivity index (χ2v) is 8.49. The van der Waals surface area contributed by atoms with Crippen LogP contribution >= 0.6 is 0 Å². The first-order valence-electron chi connectivity index (χ1n) is 8.91. The van der Waals surface area contributed by atoms with Crippen LogP contribution in [-0.4, -0.2) is 72.8 Å². The monoisotopic (exact) mass is 392 g/mol. The van der Waals surface area contributed by atoms with Gasteiger partial charge in [-0.1, -0.05) is 19.1 Å². The summed E-state index contributed by atoms with van der Waals surface area (Å²) < 4.78 is 31.0. The van der Waals surface area contributed by atoms with Crippen molar-refractivity contribution in [3.8, 4) is 17.0 Å². The van der Waals surface area contributed by atoms with Gasteiger partial charge in [0.15, 0.2) is 0 Å². The quantitative estimate of drug-likeness (QED) is 0.805. The topological polar surface area (TPSA) is 95.6 Å². The van der Waals surface area contributed by atoms with Gasteiger partial charge in [0.2, 0.25) is 10.0 Å². The van der Waals surface area contributed by atoms with E-state index < -0.39 is 10.0 Å². The fourth-order valence-electron chi connectivity index (χ4n) is 3.09. The van der Waals surface area contributed by atoms with Crippen molar-refractivity contribution >= 4 is 15.9 Å². The van der Waals surface area contributed by atoms with E-state index in [1.165, 1.54) is 4.31 Å². The first-order chi connectivity index (χ1) is 12.9. The summed E-state index contributed by atoms with van der Waals surface area (Å²) in [4.78, 5) is 14.4. The second kappa shape index (κ2) is 8.10. The number of carbonyl (C=O) groups excluding carboxylic acids is 1. The van der Waals surface area contributed by atoms with Crippen molar-refractivity contribution in [1.82, 2.24) is 19.4 Å². The number of sulfonamides is 1. The molecular formula is C18H24N4O4S. The predicted octanol–water partition coefficient (Wildman–Crippen LogP) is 1.58. The number of rotatable bonds is 6. The molecule has 0 atom stereocenters. The van der Waals surface area contributed by atoms with Crippen LogP contribution in [0, 0.1) is 0 Å². The Kier molecular flexibility index (Phi) is 5.81. The van der Waals surface area contributed by atoms with Gasteiger partial charge in [-0.25, -0.2) is 8.42 Å². The lowest BCUT2D eigenvalue weighted by molar-refractivity contribution is 0.0692. The SMILES string of the molecule is CCCS(=O)(=O)N1CCN(C(=O)c2cc(-c3cccc(OC)c3)n[nH]2)CC1. The molecule has 2 aromatic rings. The largest absolute Gasteiger partial charge is 0.497 e. The van der Waals surface area contributed by atoms with E-state index >= 15 is 0 Å². The van der Waals surface area contributed by atoms with Gasteiger partial charge in [-0.15, -0.1) is 0 Å². The number of aromatic nitrogens is 2. The van der Waals surface area contributed by atoms with Crippen LogP contribution in [0.1, 0.15) is 23.8 Å². The van der Waals surface area contributed by atoms with Crippen LogP contribution in [0.4, 0.5) is 0 Å². The zero-order chi connectivity index (χ0) is 19.4. The fourth-order valence-corrected chi connectivity index (χ4v) is 4.58. The van der Waals surface area contributed by atoms with Crippen LogP contribution in [0.15, 0.2) is 30.3 Å². The molecule has 1 aromatic heterocycles. The molecule has 0 saturated carbocycles. The molecule has 1 N–H and O–H groups in total. The van der Waals surface area contributed by atoms with E-state index in [4.69, 9.17) is 4.74 Å². The van der Waals surface area contributed by atoms with Crippen molar-refractivity contribution in [3.05, 3.63) is 36.0 Å². The van der Waals surface area contributed by atoms with E-state index in [1.54, 1.807) is 18.1 Å². The third-order valence-corrected chi connectivity index (χ3v) is 6.63. The molecule has 0 radical (unpaired) electrons. The molecule has 1 amide bonds. The van der Waals surface area contributed by atoms with Crippen molar-refractivity contribution in [2.45, 2.75) is 13.3 Å². The molecule has 0 unspecified atom stereocenters. The zero-order valence-corrected chi connectivity index (χ0v) is 16.3. The van der Waals surface area contributed by atoms with Crippen molar-refractivity contribution < 1.29 is 17.9 Å². The summed E-state index contributed by atoms with van der Waals surface area (Å²) in [5, 5.41) is 7.01. The summed E-state index contributed by atoms with van der Waals surface area (Å²) in [6, 6.07) is 9.15. The number of ether oxygens (including phenoxy) is 1. The number of nitrogens with one attached hydrogen (secondary N) is 1. The van der Waals surface area contributed by atoms with Gasteiger partial charge < -0.3 is 9.64 Å². The maximum atomic E-state index is 12.7. The highest BCUT2D eigenvalue weighted by atomic mass is 32.2. The van der Waals surface area contributed by atoms with Gasteiger partial charge >= 0.3 is 0 Å². The summed E-state index contributed by atoms with van der Waals surface area (Å²) in [6.45, 7) is 3.23. The number of nitrogens with zero attached hydrogens (tertiary/aromatic N) is 3. The summed E-state index contributed by atoms with van der Waals surface area (Å²) in [7, 11) is -1.63.